The van der Waals surface area contributed by atoms with E-state index in [1.165, 1.54) is 0 Å². The molecule has 5 heteroatoms. The van der Waals surface area contributed by atoms with E-state index in [2.05, 4.69) is 22.0 Å². The molecule has 0 atom stereocenters. The summed E-state index contributed by atoms with van der Waals surface area (Å²) in [5.41, 5.74) is 4.29. The molecule has 3 aromatic rings. The Morgan fingerprint density at radius 1 is 1.08 bits per heavy atom. The molecule has 126 valence electrons. The summed E-state index contributed by atoms with van der Waals surface area (Å²) >= 11 is 0. The van der Waals surface area contributed by atoms with E-state index in [0.717, 1.165) is 27.7 Å². The number of carbonyl (C=O) groups excluding carboxylic acids is 1. The molecule has 1 aliphatic rings. The first-order valence-electron chi connectivity index (χ1n) is 7.96. The molecule has 1 aliphatic heterocycles. The molecule has 0 saturated carbocycles. The lowest BCUT2D eigenvalue weighted by Gasteiger charge is -2.09. The van der Waals surface area contributed by atoms with Crippen LogP contribution in [0.2, 0.25) is 0 Å². The summed E-state index contributed by atoms with van der Waals surface area (Å²) in [6.45, 7) is 0. The summed E-state index contributed by atoms with van der Waals surface area (Å²) < 4.78 is 12.7. The summed E-state index contributed by atoms with van der Waals surface area (Å²) in [5, 5.41) is 4.01. The first kappa shape index (κ1) is 15.3. The molecule has 2 aromatic carbocycles. The zero-order valence-corrected chi connectivity index (χ0v) is 14.3. The third-order valence-corrected chi connectivity index (χ3v) is 4.53. The zero-order chi connectivity index (χ0) is 17.6. The van der Waals surface area contributed by atoms with E-state index in [1.54, 1.807) is 20.3 Å². The van der Waals surface area contributed by atoms with Crippen LogP contribution in [0.4, 0.5) is 5.69 Å². The van der Waals surface area contributed by atoms with Gasteiger partial charge in [-0.15, -0.1) is 0 Å². The molecule has 0 bridgehead atoms. The molecule has 0 spiro atoms. The summed E-state index contributed by atoms with van der Waals surface area (Å²) in [4.78, 5) is 12.5. The van der Waals surface area contributed by atoms with Crippen molar-refractivity contribution in [1.29, 1.82) is 0 Å². The molecule has 0 radical (unpaired) electrons. The molecular weight excluding hydrogens is 316 g/mol. The normalized spacial score (nSPS) is 14.7. The fourth-order valence-electron chi connectivity index (χ4n) is 3.30. The maximum absolute atomic E-state index is 12.5. The van der Waals surface area contributed by atoms with Gasteiger partial charge in [0, 0.05) is 46.9 Å². The van der Waals surface area contributed by atoms with Gasteiger partial charge in [-0.1, -0.05) is 18.2 Å². The molecule has 25 heavy (non-hydrogen) atoms. The molecule has 0 unspecified atom stereocenters. The number of ether oxygens (including phenoxy) is 2. The molecule has 0 saturated heterocycles. The number of carbonyl (C=O) groups is 1. The number of nitrogens with zero attached hydrogens (tertiary/aromatic N) is 1. The molecular formula is C20H18N2O3. The molecule has 1 amide bonds. The predicted octanol–water partition coefficient (Wildman–Crippen LogP) is 3.69. The highest BCUT2D eigenvalue weighted by atomic mass is 16.5. The van der Waals surface area contributed by atoms with E-state index >= 15 is 0 Å². The Morgan fingerprint density at radius 3 is 2.56 bits per heavy atom. The summed E-state index contributed by atoms with van der Waals surface area (Å²) in [7, 11) is 5.16. The average molecular weight is 334 g/mol. The second-order valence-electron chi connectivity index (χ2n) is 5.98. The molecule has 0 aliphatic carbocycles. The van der Waals surface area contributed by atoms with E-state index < -0.39 is 0 Å². The van der Waals surface area contributed by atoms with E-state index in [0.29, 0.717) is 17.1 Å². The van der Waals surface area contributed by atoms with Gasteiger partial charge in [-0.25, -0.2) is 0 Å². The maximum Gasteiger partial charge on any atom is 0.256 e. The van der Waals surface area contributed by atoms with Crippen molar-refractivity contribution < 1.29 is 14.3 Å². The van der Waals surface area contributed by atoms with Crippen LogP contribution in [-0.4, -0.2) is 24.7 Å². The van der Waals surface area contributed by atoms with Gasteiger partial charge < -0.3 is 19.4 Å². The van der Waals surface area contributed by atoms with Crippen molar-refractivity contribution in [1.82, 2.24) is 4.57 Å². The highest BCUT2D eigenvalue weighted by molar-refractivity contribution is 6.35. The number of aromatic nitrogens is 1. The van der Waals surface area contributed by atoms with Crippen molar-refractivity contribution in [3.63, 3.8) is 0 Å². The molecule has 1 aromatic heterocycles. The fraction of sp³-hybridized carbons (Fsp3) is 0.150. The van der Waals surface area contributed by atoms with Crippen molar-refractivity contribution in [3.8, 4) is 11.5 Å². The van der Waals surface area contributed by atoms with E-state index in [-0.39, 0.29) is 5.91 Å². The Labute approximate surface area is 145 Å². The van der Waals surface area contributed by atoms with Crippen LogP contribution < -0.4 is 14.8 Å². The predicted molar refractivity (Wildman–Crippen MR) is 99.0 cm³/mol. The third-order valence-electron chi connectivity index (χ3n) is 4.53. The van der Waals surface area contributed by atoms with Gasteiger partial charge >= 0.3 is 0 Å². The number of benzene rings is 2. The lowest BCUT2D eigenvalue weighted by molar-refractivity contribution is -0.110. The summed E-state index contributed by atoms with van der Waals surface area (Å²) in [5.74, 6) is 1.06. The number of amides is 1. The smallest absolute Gasteiger partial charge is 0.256 e. The molecule has 0 fully saturated rings. The van der Waals surface area contributed by atoms with Gasteiger partial charge in [0.1, 0.15) is 0 Å². The number of methoxy groups -OCH3 is 2. The van der Waals surface area contributed by atoms with Gasteiger partial charge in [-0.05, 0) is 18.2 Å². The van der Waals surface area contributed by atoms with Crippen molar-refractivity contribution in [2.24, 2.45) is 7.05 Å². The minimum absolute atomic E-state index is 0.127. The lowest BCUT2D eigenvalue weighted by atomic mass is 10.0. The Bertz CT molecular complexity index is 1030. The molecule has 5 nitrogen and oxygen atoms in total. The summed E-state index contributed by atoms with van der Waals surface area (Å²) in [6, 6.07) is 11.8. The van der Waals surface area contributed by atoms with Crippen molar-refractivity contribution in [3.05, 3.63) is 53.7 Å². The third kappa shape index (κ3) is 2.36. The number of hydrogen-bond donors (Lipinski definition) is 1. The quantitative estimate of drug-likeness (QED) is 0.743. The number of rotatable bonds is 3. The monoisotopic (exact) mass is 334 g/mol. The van der Waals surface area contributed by atoms with Crippen LogP contribution in [0.5, 0.6) is 11.5 Å². The first-order chi connectivity index (χ1) is 12.1. The molecule has 4 rings (SSSR count). The van der Waals surface area contributed by atoms with Crippen molar-refractivity contribution >= 4 is 34.1 Å². The van der Waals surface area contributed by atoms with Gasteiger partial charge in [0.25, 0.3) is 5.91 Å². The second-order valence-corrected chi connectivity index (χ2v) is 5.98. The van der Waals surface area contributed by atoms with Gasteiger partial charge in [-0.3, -0.25) is 4.79 Å². The molecule has 1 N–H and O–H groups in total. The van der Waals surface area contributed by atoms with Crippen molar-refractivity contribution in [2.45, 2.75) is 0 Å². The van der Waals surface area contributed by atoms with Gasteiger partial charge in [0.05, 0.1) is 19.9 Å². The largest absolute Gasteiger partial charge is 0.493 e. The fourth-order valence-corrected chi connectivity index (χ4v) is 3.30. The number of hydrogen-bond acceptors (Lipinski definition) is 3. The number of fused-ring (bicyclic) bond motifs is 2. The minimum Gasteiger partial charge on any atom is -0.493 e. The van der Waals surface area contributed by atoms with E-state index in [9.17, 15) is 4.79 Å². The van der Waals surface area contributed by atoms with Crippen LogP contribution >= 0.6 is 0 Å². The molecule has 2 heterocycles. The highest BCUT2D eigenvalue weighted by Crippen LogP contribution is 2.41. The Hall–Kier alpha value is -3.21. The highest BCUT2D eigenvalue weighted by Gasteiger charge is 2.27. The van der Waals surface area contributed by atoms with Gasteiger partial charge in [-0.2, -0.15) is 0 Å². The lowest BCUT2D eigenvalue weighted by Crippen LogP contribution is -2.03. The van der Waals surface area contributed by atoms with E-state index in [1.807, 2.05) is 37.5 Å². The second kappa shape index (κ2) is 5.70. The number of nitrogens with one attached hydrogen (secondary N) is 1. The Balaban J connectivity index is 1.89. The van der Waals surface area contributed by atoms with Crippen LogP contribution in [0.15, 0.2) is 42.6 Å². The summed E-state index contributed by atoms with van der Waals surface area (Å²) in [6.07, 6.45) is 3.96. The SMILES string of the molecule is COc1cc2c(cc1OC)C(=Cc1cn(C)c3ccccc13)C(=O)N2. The average Bonchev–Trinajstić information content (AvgIpc) is 3.11. The number of anilines is 1. The van der Waals surface area contributed by atoms with Gasteiger partial charge in [0.2, 0.25) is 0 Å². The van der Waals surface area contributed by atoms with Gasteiger partial charge in [0.15, 0.2) is 11.5 Å². The van der Waals surface area contributed by atoms with E-state index in [4.69, 9.17) is 9.47 Å². The zero-order valence-electron chi connectivity index (χ0n) is 14.3. The first-order valence-corrected chi connectivity index (χ1v) is 7.96. The standard InChI is InChI=1S/C20H18N2O3/c1-22-11-12(13-6-4-5-7-17(13)22)8-15-14-9-18(24-2)19(25-3)10-16(14)21-20(15)23/h4-11H,1-3H3,(H,21,23). The van der Waals surface area contributed by atoms with Crippen LogP contribution in [0, 0.1) is 0 Å². The van der Waals surface area contributed by atoms with Crippen LogP contribution in [0.3, 0.4) is 0 Å². The topological polar surface area (TPSA) is 52.5 Å². The minimum atomic E-state index is -0.127. The van der Waals surface area contributed by atoms with Crippen molar-refractivity contribution in [2.75, 3.05) is 19.5 Å². The van der Waals surface area contributed by atoms with Crippen LogP contribution in [0.25, 0.3) is 22.6 Å². The number of aryl methyl sites for hydroxylation is 1. The maximum atomic E-state index is 12.5. The Morgan fingerprint density at radius 2 is 1.80 bits per heavy atom. The van der Waals surface area contributed by atoms with Crippen LogP contribution in [-0.2, 0) is 11.8 Å². The van der Waals surface area contributed by atoms with Crippen LogP contribution in [0.1, 0.15) is 11.1 Å². The Kier molecular flexibility index (Phi) is 3.50. The number of para-hydroxylation sites is 1.